The smallest absolute Gasteiger partial charge is 0.182 e. The van der Waals surface area contributed by atoms with Gasteiger partial charge in [0, 0.05) is 33.7 Å². The van der Waals surface area contributed by atoms with Crippen molar-refractivity contribution in [3.8, 4) is 6.07 Å². The minimum Gasteiger partial charge on any atom is -0.390 e. The van der Waals surface area contributed by atoms with Crippen molar-refractivity contribution in [2.24, 2.45) is 14.1 Å². The van der Waals surface area contributed by atoms with Crippen LogP contribution >= 0.6 is 12.2 Å². The average Bonchev–Trinajstić information content (AvgIpc) is 2.63. The van der Waals surface area contributed by atoms with Crippen LogP contribution < -0.4 is 16.1 Å². The average molecular weight is 376 g/mol. The largest absolute Gasteiger partial charge is 0.390 e. The molecule has 0 fully saturated rings. The molecular weight excluding hydrogens is 355 g/mol. The van der Waals surface area contributed by atoms with Crippen LogP contribution in [0.25, 0.3) is 0 Å². The highest BCUT2D eigenvalue weighted by Gasteiger charge is 2.13. The van der Waals surface area contributed by atoms with Crippen LogP contribution in [-0.2, 0) is 20.6 Å². The number of hydrogen-bond donors (Lipinski definition) is 4. The van der Waals surface area contributed by atoms with E-state index in [1.807, 2.05) is 6.07 Å². The van der Waals surface area contributed by atoms with E-state index >= 15 is 0 Å². The molecule has 26 heavy (non-hydrogen) atoms. The van der Waals surface area contributed by atoms with E-state index in [2.05, 4.69) is 10.6 Å². The number of halogens is 1. The molecule has 0 aliphatic heterocycles. The van der Waals surface area contributed by atoms with Crippen LogP contribution in [0.15, 0.2) is 24.3 Å². The number of aliphatic hydroxyl groups excluding tert-OH is 1. The van der Waals surface area contributed by atoms with Crippen LogP contribution in [0.5, 0.6) is 0 Å². The Balaban J connectivity index is 1.96. The first kappa shape index (κ1) is 19.8. The van der Waals surface area contributed by atoms with E-state index in [1.54, 1.807) is 30.8 Å². The predicted octanol–water partition coefficient (Wildman–Crippen LogP) is 1.15. The maximum Gasteiger partial charge on any atom is 0.182 e. The number of nitriles is 1. The molecule has 2 rings (SSSR count). The van der Waals surface area contributed by atoms with E-state index in [4.69, 9.17) is 17.6 Å². The maximum absolute atomic E-state index is 12.9. The summed E-state index contributed by atoms with van der Waals surface area (Å²) in [6.45, 7) is 0.995. The summed E-state index contributed by atoms with van der Waals surface area (Å²) in [4.78, 5) is 0. The maximum atomic E-state index is 12.9. The molecule has 0 saturated carbocycles. The van der Waals surface area contributed by atoms with Gasteiger partial charge in [-0.3, -0.25) is 5.41 Å². The molecule has 7 nitrogen and oxygen atoms in total. The molecule has 2 aromatic rings. The third kappa shape index (κ3) is 4.54. The minimum atomic E-state index is -0.723. The molecule has 0 radical (unpaired) electrons. The summed E-state index contributed by atoms with van der Waals surface area (Å²) in [5, 5.41) is 33.5. The van der Waals surface area contributed by atoms with Crippen molar-refractivity contribution >= 4 is 18.0 Å². The predicted molar refractivity (Wildman–Crippen MR) is 98.4 cm³/mol. The van der Waals surface area contributed by atoms with E-state index in [1.165, 1.54) is 16.7 Å². The standard InChI is InChI=1S/C17H21FN6OS/c1-23-15(20)14(7-19)16(24(2)17(23)26)22-10-13(25)9-21-8-11-3-5-12(18)6-4-11/h3-6,13,20-22,25H,8-10H2,1-2H3. The summed E-state index contributed by atoms with van der Waals surface area (Å²) in [6, 6.07) is 8.13. The van der Waals surface area contributed by atoms with Crippen molar-refractivity contribution in [1.82, 2.24) is 14.5 Å². The molecule has 1 unspecified atom stereocenters. The Labute approximate surface area is 155 Å². The lowest BCUT2D eigenvalue weighted by Crippen LogP contribution is -2.34. The first-order valence-electron chi connectivity index (χ1n) is 7.97. The normalized spacial score (nSPS) is 11.8. The SMILES string of the molecule is Cn1c(NCC(O)CNCc2ccc(F)cc2)c(C#N)c(=N)n(C)c1=S. The van der Waals surface area contributed by atoms with Crippen molar-refractivity contribution in [3.05, 3.63) is 51.5 Å². The van der Waals surface area contributed by atoms with E-state index < -0.39 is 6.10 Å². The van der Waals surface area contributed by atoms with Crippen LogP contribution in [0.4, 0.5) is 10.2 Å². The highest BCUT2D eigenvalue weighted by atomic mass is 32.1. The second-order valence-corrected chi connectivity index (χ2v) is 6.24. The second kappa shape index (κ2) is 8.71. The zero-order valence-corrected chi connectivity index (χ0v) is 15.4. The molecule has 0 aliphatic carbocycles. The summed E-state index contributed by atoms with van der Waals surface area (Å²) < 4.78 is 16.3. The van der Waals surface area contributed by atoms with Crippen molar-refractivity contribution in [3.63, 3.8) is 0 Å². The number of aromatic nitrogens is 2. The number of nitrogens with zero attached hydrogens (tertiary/aromatic N) is 3. The van der Waals surface area contributed by atoms with E-state index in [-0.39, 0.29) is 23.4 Å². The van der Waals surface area contributed by atoms with Crippen LogP contribution in [0.1, 0.15) is 11.1 Å². The molecule has 0 amide bonds. The van der Waals surface area contributed by atoms with Gasteiger partial charge in [0.05, 0.1) is 6.10 Å². The second-order valence-electron chi connectivity index (χ2n) is 5.88. The summed E-state index contributed by atoms with van der Waals surface area (Å²) in [6.07, 6.45) is -0.723. The minimum absolute atomic E-state index is 0.0158. The van der Waals surface area contributed by atoms with Gasteiger partial charge in [0.2, 0.25) is 0 Å². The van der Waals surface area contributed by atoms with Crippen LogP contribution in [-0.4, -0.2) is 33.4 Å². The molecule has 1 aromatic heterocycles. The number of aliphatic hydroxyl groups is 1. The third-order valence-corrected chi connectivity index (χ3v) is 4.51. The topological polar surface area (TPSA) is 102 Å². The number of anilines is 1. The first-order valence-corrected chi connectivity index (χ1v) is 8.37. The number of hydrogen-bond acceptors (Lipinski definition) is 6. The highest BCUT2D eigenvalue weighted by Crippen LogP contribution is 2.10. The van der Waals surface area contributed by atoms with Gasteiger partial charge in [-0.15, -0.1) is 0 Å². The Morgan fingerprint density at radius 3 is 2.54 bits per heavy atom. The number of rotatable bonds is 7. The molecule has 0 saturated heterocycles. The monoisotopic (exact) mass is 376 g/mol. The van der Waals surface area contributed by atoms with Crippen molar-refractivity contribution in [2.75, 3.05) is 18.4 Å². The molecule has 9 heteroatoms. The highest BCUT2D eigenvalue weighted by molar-refractivity contribution is 7.71. The first-order chi connectivity index (χ1) is 12.3. The van der Waals surface area contributed by atoms with Crippen LogP contribution in [0, 0.1) is 27.3 Å². The fourth-order valence-electron chi connectivity index (χ4n) is 2.45. The number of nitrogens with one attached hydrogen (secondary N) is 3. The molecule has 0 spiro atoms. The lowest BCUT2D eigenvalue weighted by Gasteiger charge is -2.18. The number of benzene rings is 1. The van der Waals surface area contributed by atoms with Gasteiger partial charge in [-0.1, -0.05) is 12.1 Å². The Morgan fingerprint density at radius 2 is 1.92 bits per heavy atom. The van der Waals surface area contributed by atoms with Gasteiger partial charge in [0.1, 0.15) is 28.8 Å². The zero-order valence-electron chi connectivity index (χ0n) is 14.6. The summed E-state index contributed by atoms with van der Waals surface area (Å²) in [7, 11) is 3.33. The Hall–Kier alpha value is -2.54. The van der Waals surface area contributed by atoms with Crippen molar-refractivity contribution < 1.29 is 9.50 Å². The van der Waals surface area contributed by atoms with E-state index in [9.17, 15) is 14.8 Å². The van der Waals surface area contributed by atoms with Gasteiger partial charge >= 0.3 is 0 Å². The molecule has 0 aliphatic rings. The van der Waals surface area contributed by atoms with Crippen LogP contribution in [0.2, 0.25) is 0 Å². The van der Waals surface area contributed by atoms with Gasteiger partial charge in [-0.2, -0.15) is 5.26 Å². The van der Waals surface area contributed by atoms with E-state index in [0.29, 0.717) is 23.7 Å². The Bertz CT molecular complexity index is 928. The Morgan fingerprint density at radius 1 is 1.27 bits per heavy atom. The van der Waals surface area contributed by atoms with Crippen molar-refractivity contribution in [1.29, 1.82) is 10.7 Å². The van der Waals surface area contributed by atoms with Crippen molar-refractivity contribution in [2.45, 2.75) is 12.6 Å². The van der Waals surface area contributed by atoms with Gasteiger partial charge in [0.25, 0.3) is 0 Å². The summed E-state index contributed by atoms with van der Waals surface area (Å²) in [5.41, 5.74) is 1.09. The fourth-order valence-corrected chi connectivity index (χ4v) is 2.63. The molecule has 1 atom stereocenters. The molecular formula is C17H21FN6OS. The van der Waals surface area contributed by atoms with E-state index in [0.717, 1.165) is 5.56 Å². The van der Waals surface area contributed by atoms with Gasteiger partial charge in [-0.05, 0) is 29.9 Å². The molecule has 1 aromatic carbocycles. The Kier molecular flexibility index (Phi) is 6.63. The summed E-state index contributed by atoms with van der Waals surface area (Å²) >= 11 is 5.25. The molecule has 138 valence electrons. The lowest BCUT2D eigenvalue weighted by molar-refractivity contribution is 0.183. The third-order valence-electron chi connectivity index (χ3n) is 3.96. The molecule has 4 N–H and O–H groups in total. The van der Waals surface area contributed by atoms with Gasteiger partial charge < -0.3 is 24.9 Å². The van der Waals surface area contributed by atoms with Crippen LogP contribution in [0.3, 0.4) is 0 Å². The lowest BCUT2D eigenvalue weighted by atomic mass is 10.2. The zero-order chi connectivity index (χ0) is 19.3. The molecule has 0 bridgehead atoms. The quantitative estimate of drug-likeness (QED) is 0.543. The molecule has 1 heterocycles. The van der Waals surface area contributed by atoms with Gasteiger partial charge in [-0.25, -0.2) is 4.39 Å². The fraction of sp³-hybridized carbons (Fsp3) is 0.353. The summed E-state index contributed by atoms with van der Waals surface area (Å²) in [5.74, 6) is 0.114. The van der Waals surface area contributed by atoms with Gasteiger partial charge in [0.15, 0.2) is 4.77 Å².